The van der Waals surface area contributed by atoms with Crippen LogP contribution in [0.3, 0.4) is 0 Å². The third-order valence-electron chi connectivity index (χ3n) is 6.24. The Hall–Kier alpha value is -3.57. The second kappa shape index (κ2) is 9.63. The molecule has 0 spiro atoms. The summed E-state index contributed by atoms with van der Waals surface area (Å²) in [5, 5.41) is 5.78. The minimum absolute atomic E-state index is 0.0460. The lowest BCUT2D eigenvalue weighted by atomic mass is 10.1. The number of halogens is 2. The summed E-state index contributed by atoms with van der Waals surface area (Å²) in [4.78, 5) is 37.9. The van der Waals surface area contributed by atoms with Crippen LogP contribution in [0.15, 0.2) is 28.8 Å². The quantitative estimate of drug-likeness (QED) is 0.357. The van der Waals surface area contributed by atoms with Crippen LogP contribution >= 0.6 is 23.2 Å². The van der Waals surface area contributed by atoms with E-state index in [1.807, 2.05) is 20.8 Å². The predicted octanol–water partition coefficient (Wildman–Crippen LogP) is 5.31. The molecule has 1 aliphatic rings. The summed E-state index contributed by atoms with van der Waals surface area (Å²) in [5.41, 5.74) is 7.12. The molecule has 0 radical (unpaired) electrons. The Kier molecular flexibility index (Phi) is 6.60. The van der Waals surface area contributed by atoms with Gasteiger partial charge in [0.25, 0.3) is 5.91 Å². The molecular weight excluding hydrogens is 533 g/mol. The fraction of sp³-hybridized carbons (Fsp3) is 0.400. The number of carbonyl (C=O) groups excluding carboxylic acids is 2. The highest BCUT2D eigenvalue weighted by atomic mass is 35.5. The Bertz CT molecular complexity index is 1560. The van der Waals surface area contributed by atoms with E-state index in [0.717, 1.165) is 6.42 Å². The number of aromatic nitrogens is 4. The van der Waals surface area contributed by atoms with Gasteiger partial charge < -0.3 is 19.8 Å². The van der Waals surface area contributed by atoms with E-state index in [2.05, 4.69) is 15.1 Å². The highest BCUT2D eigenvalue weighted by Gasteiger charge is 2.33. The number of rotatable bonds is 3. The number of fused-ring (bicyclic) bond motifs is 2. The molecule has 0 aliphatic carbocycles. The van der Waals surface area contributed by atoms with Crippen LogP contribution in [-0.4, -0.2) is 62.4 Å². The smallest absolute Gasteiger partial charge is 0.410 e. The standard InChI is InChI=1S/C25H27Cl2N7O4/c1-25(2,3)38-24(36)33-9-5-6-14(12-33)34-20-15(27)11-29-21(28)18(20)19(31-34)22(35)32(4)23-30-16-10-13(26)7-8-17(16)37-23/h7-8,10-11,14H,5-6,9,12H2,1-4H3,(H2,28,29)/t14-/m1/s1. The maximum atomic E-state index is 13.7. The zero-order valence-electron chi connectivity index (χ0n) is 21.4. The molecule has 3 aromatic heterocycles. The van der Waals surface area contributed by atoms with Crippen molar-refractivity contribution in [3.8, 4) is 0 Å². The van der Waals surface area contributed by atoms with Gasteiger partial charge in [0, 0.05) is 25.2 Å². The zero-order chi connectivity index (χ0) is 27.4. The van der Waals surface area contributed by atoms with E-state index in [1.54, 1.807) is 27.8 Å². The van der Waals surface area contributed by atoms with E-state index in [9.17, 15) is 9.59 Å². The maximum Gasteiger partial charge on any atom is 0.410 e. The molecule has 2 amide bonds. The van der Waals surface area contributed by atoms with Crippen LogP contribution in [0.2, 0.25) is 10.0 Å². The molecule has 5 rings (SSSR count). The van der Waals surface area contributed by atoms with Crippen molar-refractivity contribution >= 4 is 69.0 Å². The van der Waals surface area contributed by atoms with Gasteiger partial charge in [-0.15, -0.1) is 0 Å². The number of oxazole rings is 1. The first-order chi connectivity index (χ1) is 17.9. The number of anilines is 2. The summed E-state index contributed by atoms with van der Waals surface area (Å²) in [5.74, 6) is -0.404. The van der Waals surface area contributed by atoms with Crippen LogP contribution in [0, 0.1) is 0 Å². The second-order valence-corrected chi connectivity index (χ2v) is 11.0. The van der Waals surface area contributed by atoms with Gasteiger partial charge in [-0.3, -0.25) is 14.4 Å². The predicted molar refractivity (Wildman–Crippen MR) is 145 cm³/mol. The van der Waals surface area contributed by atoms with Crippen LogP contribution in [0.1, 0.15) is 50.1 Å². The number of benzene rings is 1. The molecule has 0 bridgehead atoms. The van der Waals surface area contributed by atoms with Crippen molar-refractivity contribution in [2.75, 3.05) is 30.8 Å². The van der Waals surface area contributed by atoms with E-state index in [1.165, 1.54) is 18.1 Å². The summed E-state index contributed by atoms with van der Waals surface area (Å²) < 4.78 is 13.0. The van der Waals surface area contributed by atoms with Gasteiger partial charge in [0.15, 0.2) is 11.3 Å². The lowest BCUT2D eigenvalue weighted by Gasteiger charge is -2.34. The molecule has 4 heterocycles. The summed E-state index contributed by atoms with van der Waals surface area (Å²) in [7, 11) is 1.53. The minimum Gasteiger partial charge on any atom is -0.444 e. The normalized spacial score (nSPS) is 16.3. The number of ether oxygens (including phenoxy) is 1. The monoisotopic (exact) mass is 559 g/mol. The number of nitrogens with zero attached hydrogens (tertiary/aromatic N) is 6. The van der Waals surface area contributed by atoms with Gasteiger partial charge in [-0.2, -0.15) is 10.1 Å². The van der Waals surface area contributed by atoms with Gasteiger partial charge in [0.2, 0.25) is 0 Å². The van der Waals surface area contributed by atoms with Crippen LogP contribution in [-0.2, 0) is 4.74 Å². The summed E-state index contributed by atoms with van der Waals surface area (Å²) in [6.45, 7) is 6.35. The van der Waals surface area contributed by atoms with Crippen molar-refractivity contribution in [3.05, 3.63) is 40.1 Å². The van der Waals surface area contributed by atoms with Crippen molar-refractivity contribution in [2.45, 2.75) is 45.3 Å². The highest BCUT2D eigenvalue weighted by molar-refractivity contribution is 6.36. The van der Waals surface area contributed by atoms with Crippen molar-refractivity contribution < 1.29 is 18.7 Å². The highest BCUT2D eigenvalue weighted by Crippen LogP contribution is 2.35. The third kappa shape index (κ3) is 4.83. The third-order valence-corrected chi connectivity index (χ3v) is 6.75. The van der Waals surface area contributed by atoms with Crippen molar-refractivity contribution in [2.24, 2.45) is 0 Å². The van der Waals surface area contributed by atoms with Gasteiger partial charge in [0.1, 0.15) is 16.9 Å². The maximum absolute atomic E-state index is 13.7. The Morgan fingerprint density at radius 3 is 2.76 bits per heavy atom. The average Bonchev–Trinajstić information content (AvgIpc) is 3.47. The number of likely N-dealkylation sites (tertiary alicyclic amines) is 1. The van der Waals surface area contributed by atoms with Crippen LogP contribution < -0.4 is 10.6 Å². The molecule has 2 N–H and O–H groups in total. The number of pyridine rings is 1. The average molecular weight is 560 g/mol. The summed E-state index contributed by atoms with van der Waals surface area (Å²) in [6.07, 6.45) is 2.45. The van der Waals surface area contributed by atoms with Gasteiger partial charge in [0.05, 0.1) is 28.2 Å². The second-order valence-electron chi connectivity index (χ2n) is 10.2. The number of piperidine rings is 1. The van der Waals surface area contributed by atoms with Crippen LogP contribution in [0.4, 0.5) is 16.6 Å². The fourth-order valence-electron chi connectivity index (χ4n) is 4.50. The molecule has 0 unspecified atom stereocenters. The molecule has 1 aliphatic heterocycles. The molecule has 13 heteroatoms. The number of hydrogen-bond donors (Lipinski definition) is 1. The van der Waals surface area contributed by atoms with Gasteiger partial charge in [-0.25, -0.2) is 9.78 Å². The number of amides is 2. The topological polar surface area (TPSA) is 133 Å². The number of nitrogen functional groups attached to an aromatic ring is 1. The number of hydrogen-bond acceptors (Lipinski definition) is 8. The van der Waals surface area contributed by atoms with E-state index in [4.69, 9.17) is 38.1 Å². The molecule has 11 nitrogen and oxygen atoms in total. The Labute approximate surface area is 228 Å². The Morgan fingerprint density at radius 2 is 2.03 bits per heavy atom. The molecule has 38 heavy (non-hydrogen) atoms. The molecule has 200 valence electrons. The lowest BCUT2D eigenvalue weighted by Crippen LogP contribution is -2.43. The van der Waals surface area contributed by atoms with E-state index in [0.29, 0.717) is 46.5 Å². The largest absolute Gasteiger partial charge is 0.444 e. The summed E-state index contributed by atoms with van der Waals surface area (Å²) in [6, 6.07) is 4.80. The molecular formula is C25H27Cl2N7O4. The van der Waals surface area contributed by atoms with Crippen molar-refractivity contribution in [1.29, 1.82) is 0 Å². The zero-order valence-corrected chi connectivity index (χ0v) is 22.9. The summed E-state index contributed by atoms with van der Waals surface area (Å²) >= 11 is 12.6. The van der Waals surface area contributed by atoms with Crippen LogP contribution in [0.25, 0.3) is 22.0 Å². The molecule has 4 aromatic rings. The Balaban J connectivity index is 1.52. The van der Waals surface area contributed by atoms with E-state index >= 15 is 0 Å². The minimum atomic E-state index is -0.619. The van der Waals surface area contributed by atoms with E-state index < -0.39 is 17.6 Å². The molecule has 1 atom stereocenters. The first kappa shape index (κ1) is 26.1. The molecule has 1 fully saturated rings. The van der Waals surface area contributed by atoms with Crippen molar-refractivity contribution in [1.82, 2.24) is 24.6 Å². The Morgan fingerprint density at radius 1 is 1.26 bits per heavy atom. The van der Waals surface area contributed by atoms with Gasteiger partial charge >= 0.3 is 12.1 Å². The first-order valence-electron chi connectivity index (χ1n) is 12.1. The molecule has 1 aromatic carbocycles. The van der Waals surface area contributed by atoms with E-state index in [-0.39, 0.29) is 28.6 Å². The van der Waals surface area contributed by atoms with Crippen molar-refractivity contribution in [3.63, 3.8) is 0 Å². The molecule has 0 saturated carbocycles. The molecule has 1 saturated heterocycles. The SMILES string of the molecule is CN(C(=O)c1nn([C@@H]2CCCN(C(=O)OC(C)(C)C)C2)c2c(Cl)cnc(N)c12)c1nc2cc(Cl)ccc2o1. The fourth-order valence-corrected chi connectivity index (χ4v) is 4.89. The lowest BCUT2D eigenvalue weighted by molar-refractivity contribution is 0.0169. The van der Waals surface area contributed by atoms with Crippen LogP contribution in [0.5, 0.6) is 0 Å². The van der Waals surface area contributed by atoms with Gasteiger partial charge in [-0.1, -0.05) is 23.2 Å². The van der Waals surface area contributed by atoms with Gasteiger partial charge in [-0.05, 0) is 51.8 Å². The number of nitrogens with two attached hydrogens (primary N) is 1. The first-order valence-corrected chi connectivity index (χ1v) is 12.8. The number of carbonyl (C=O) groups is 2.